The molecule has 0 amide bonds. The van der Waals surface area contributed by atoms with Crippen molar-refractivity contribution in [2.45, 2.75) is 45.8 Å². The molecule has 0 fully saturated rings. The lowest BCUT2D eigenvalue weighted by Crippen LogP contribution is -2.27. The first kappa shape index (κ1) is 10.3. The molecule has 60 valence electrons. The molecule has 0 saturated heterocycles. The van der Waals surface area contributed by atoms with Crippen molar-refractivity contribution < 1.29 is 0 Å². The van der Waals surface area contributed by atoms with Gasteiger partial charge in [0.1, 0.15) is 0 Å². The molecule has 0 atom stereocenters. The summed E-state index contributed by atoms with van der Waals surface area (Å²) in [5, 5.41) is 0. The van der Waals surface area contributed by atoms with Gasteiger partial charge >= 0.3 is 0 Å². The molecule has 0 N–H and O–H groups in total. The summed E-state index contributed by atoms with van der Waals surface area (Å²) in [6.45, 7) is 9.39. The van der Waals surface area contributed by atoms with Crippen molar-refractivity contribution in [1.29, 1.82) is 0 Å². The lowest BCUT2D eigenvalue weighted by molar-refractivity contribution is 1.33. The molecule has 0 unspecified atom stereocenters. The van der Waals surface area contributed by atoms with E-state index in [4.69, 9.17) is 0 Å². The van der Waals surface area contributed by atoms with E-state index in [2.05, 4.69) is 33.4 Å². The van der Waals surface area contributed by atoms with Gasteiger partial charge < -0.3 is 0 Å². The first-order chi connectivity index (χ1) is 4.79. The van der Waals surface area contributed by atoms with Crippen molar-refractivity contribution in [1.82, 2.24) is 0 Å². The summed E-state index contributed by atoms with van der Waals surface area (Å²) in [7, 11) is -0.210. The summed E-state index contributed by atoms with van der Waals surface area (Å²) in [6, 6.07) is 4.51. The van der Waals surface area contributed by atoms with Gasteiger partial charge in [-0.05, 0) is 14.0 Å². The molecule has 0 aromatic heterocycles. The van der Waals surface area contributed by atoms with E-state index in [1.165, 1.54) is 18.1 Å². The Morgan fingerprint density at radius 1 is 1.20 bits per heavy atom. The summed E-state index contributed by atoms with van der Waals surface area (Å²) < 4.78 is 0. The van der Waals surface area contributed by atoms with E-state index in [1.807, 2.05) is 0 Å². The molecule has 0 aliphatic heterocycles. The fourth-order valence-corrected chi connectivity index (χ4v) is 10.9. The quantitative estimate of drug-likeness (QED) is 0.571. The van der Waals surface area contributed by atoms with Crippen molar-refractivity contribution in [2.24, 2.45) is 0 Å². The van der Waals surface area contributed by atoms with Crippen molar-refractivity contribution in [2.75, 3.05) is 0 Å². The van der Waals surface area contributed by atoms with Crippen LogP contribution in [0.2, 0.25) is 18.1 Å². The Labute approximate surface area is 68.3 Å². The smallest absolute Gasteiger partial charge is 0.0472 e. The van der Waals surface area contributed by atoms with E-state index >= 15 is 0 Å². The molecule has 0 bridgehead atoms. The van der Waals surface area contributed by atoms with E-state index in [9.17, 15) is 0 Å². The molecule has 0 heterocycles. The minimum absolute atomic E-state index is 0.0504. The highest BCUT2D eigenvalue weighted by molar-refractivity contribution is 7.23. The van der Waals surface area contributed by atoms with Gasteiger partial charge in [0.15, 0.2) is 0 Å². The first-order valence-electron chi connectivity index (χ1n) is 4.45. The monoisotopic (exact) mass is 172 g/mol. The van der Waals surface area contributed by atoms with Crippen LogP contribution in [0, 0.1) is 0 Å². The lowest BCUT2D eigenvalue weighted by atomic mass is 11.0. The molecule has 0 radical (unpaired) electrons. The molecule has 0 spiro atoms. The van der Waals surface area contributed by atoms with Gasteiger partial charge in [0, 0.05) is 8.31 Å². The van der Waals surface area contributed by atoms with Gasteiger partial charge in [-0.1, -0.05) is 39.8 Å². The molecule has 0 saturated carbocycles. The predicted octanol–water partition coefficient (Wildman–Crippen LogP) is 2.25. The molecule has 0 rings (SSSR count). The maximum Gasteiger partial charge on any atom is 0.0472 e. The van der Waals surface area contributed by atoms with E-state index in [0.29, 0.717) is 0 Å². The highest BCUT2D eigenvalue weighted by atomic mass is 29.2. The number of hydrogen-bond acceptors (Lipinski definition) is 0. The van der Waals surface area contributed by atoms with E-state index < -0.39 is 0 Å². The van der Waals surface area contributed by atoms with Crippen molar-refractivity contribution in [3.8, 4) is 0 Å². The second-order valence-electron chi connectivity index (χ2n) is 2.73. The fourth-order valence-electron chi connectivity index (χ4n) is 1.54. The predicted molar refractivity (Wildman–Crippen MR) is 56.1 cm³/mol. The van der Waals surface area contributed by atoms with Crippen LogP contribution in [0.1, 0.15) is 27.7 Å². The van der Waals surface area contributed by atoms with Gasteiger partial charge in [0.25, 0.3) is 0 Å². The normalized spacial score (nSPS) is 12.7. The molecular weight excluding hydrogens is 152 g/mol. The largest absolute Gasteiger partial charge is 0.109 e. The first-order valence-corrected chi connectivity index (χ1v) is 9.67. The molecule has 10 heavy (non-hydrogen) atoms. The van der Waals surface area contributed by atoms with Crippen LogP contribution < -0.4 is 0 Å². The lowest BCUT2D eigenvalue weighted by Gasteiger charge is -2.11. The van der Waals surface area contributed by atoms with Gasteiger partial charge in [-0.25, -0.2) is 0 Å². The zero-order chi connectivity index (χ0) is 7.98. The minimum atomic E-state index is -0.261. The van der Waals surface area contributed by atoms with Crippen molar-refractivity contribution >= 4 is 21.9 Å². The van der Waals surface area contributed by atoms with Crippen LogP contribution >= 0.6 is 0 Å². The third-order valence-corrected chi connectivity index (χ3v) is 14.7. The zero-order valence-electron chi connectivity index (χ0n) is 7.78. The molecule has 0 aromatic rings. The van der Waals surface area contributed by atoms with Crippen molar-refractivity contribution in [3.05, 3.63) is 0 Å². The molecule has 0 aliphatic rings. The maximum atomic E-state index is 2.52. The maximum absolute atomic E-state index is 2.52. The number of hydrogen-bond donors (Lipinski definition) is 0. The van der Waals surface area contributed by atoms with Crippen LogP contribution in [0.15, 0.2) is 0 Å². The van der Waals surface area contributed by atoms with Gasteiger partial charge in [-0.15, -0.1) is 5.67 Å². The number of rotatable bonds is 4. The Morgan fingerprint density at radius 2 is 1.70 bits per heavy atom. The highest BCUT2D eigenvalue weighted by Crippen LogP contribution is 2.00. The van der Waals surface area contributed by atoms with Crippen LogP contribution in [-0.4, -0.2) is 21.9 Å². The van der Waals surface area contributed by atoms with Crippen LogP contribution in [0.4, 0.5) is 0 Å². The summed E-state index contributed by atoms with van der Waals surface area (Å²) in [6.07, 6.45) is 0. The third-order valence-electron chi connectivity index (χ3n) is 2.29. The molecule has 0 nitrogen and oxygen atoms in total. The Kier molecular flexibility index (Phi) is 6.23. The second kappa shape index (κ2) is 6.04. The average Bonchev–Trinajstić information content (AvgIpc) is 2.00. The van der Waals surface area contributed by atoms with Crippen LogP contribution in [0.25, 0.3) is 0 Å². The van der Waals surface area contributed by atoms with Crippen LogP contribution in [0.5, 0.6) is 0 Å². The van der Waals surface area contributed by atoms with Gasteiger partial charge in [-0.3, -0.25) is 0 Å². The summed E-state index contributed by atoms with van der Waals surface area (Å²) in [5.74, 6) is 0. The van der Waals surface area contributed by atoms with Crippen LogP contribution in [0.3, 0.4) is 0 Å². The second-order valence-corrected chi connectivity index (χ2v) is 12.9. The van der Waals surface area contributed by atoms with Gasteiger partial charge in [0.2, 0.25) is 0 Å². The topological polar surface area (TPSA) is 0 Å². The molecule has 2 heteroatoms. The summed E-state index contributed by atoms with van der Waals surface area (Å²) in [4.78, 5) is 0. The van der Waals surface area contributed by atoms with E-state index in [-0.39, 0.29) is 16.2 Å². The van der Waals surface area contributed by atoms with Gasteiger partial charge in [-0.2, -0.15) is 0 Å². The minimum Gasteiger partial charge on any atom is -0.109 e. The standard InChI is InChI=1S/C8H20Si2/c1-5-9(6-2)10(7-3)8-4/h5,10H,6-8H2,1-4H3. The van der Waals surface area contributed by atoms with Gasteiger partial charge in [0.05, 0.1) is 0 Å². The van der Waals surface area contributed by atoms with E-state index in [1.54, 1.807) is 0 Å². The van der Waals surface area contributed by atoms with Crippen molar-refractivity contribution in [3.63, 3.8) is 0 Å². The average molecular weight is 172 g/mol. The summed E-state index contributed by atoms with van der Waals surface area (Å²) >= 11 is 0. The Morgan fingerprint density at radius 3 is 1.80 bits per heavy atom. The Hall–Kier alpha value is 0.304. The Balaban J connectivity index is 3.97. The molecular formula is C8H20Si2. The fraction of sp³-hybridized carbons (Fsp3) is 0.875. The molecule has 0 aromatic carbocycles. The van der Waals surface area contributed by atoms with E-state index in [0.717, 1.165) is 0 Å². The zero-order valence-corrected chi connectivity index (χ0v) is 9.93. The Bertz CT molecular complexity index is 104. The molecule has 0 aliphatic carbocycles. The summed E-state index contributed by atoms with van der Waals surface area (Å²) in [5.41, 5.74) is 2.52. The third kappa shape index (κ3) is 2.93. The SMILES string of the molecule is CC=[Si](CC)[SiH](CC)CC. The highest BCUT2D eigenvalue weighted by Gasteiger charge is 2.08. The van der Waals surface area contributed by atoms with Crippen LogP contribution in [-0.2, 0) is 0 Å².